The molecule has 2 aromatic carbocycles. The van der Waals surface area contributed by atoms with E-state index in [1.165, 1.54) is 17.3 Å². The number of nitriles is 1. The van der Waals surface area contributed by atoms with E-state index in [1.54, 1.807) is 7.11 Å². The number of carbonyl (C=O) groups excluding carboxylic acids is 1. The number of methoxy groups -OCH3 is 1. The molecular formula is C22H21N3O2S. The first-order valence-corrected chi connectivity index (χ1v) is 9.97. The number of rotatable bonds is 7. The highest BCUT2D eigenvalue weighted by Crippen LogP contribution is 2.25. The van der Waals surface area contributed by atoms with Gasteiger partial charge in [-0.15, -0.1) is 0 Å². The average Bonchev–Trinajstić information content (AvgIpc) is 2.75. The Morgan fingerprint density at radius 3 is 2.61 bits per heavy atom. The number of fused-ring (bicyclic) bond motifs is 1. The molecule has 28 heavy (non-hydrogen) atoms. The van der Waals surface area contributed by atoms with Crippen LogP contribution in [0.25, 0.3) is 10.9 Å². The van der Waals surface area contributed by atoms with Crippen LogP contribution in [-0.4, -0.2) is 23.8 Å². The van der Waals surface area contributed by atoms with Gasteiger partial charge in [0, 0.05) is 11.9 Å². The molecule has 0 aliphatic rings. The standard InChI is InChI=1S/C22H21N3O2S/c1-3-15-6-9-20-17(10-15)11-18(12-23)22(25-20)28-14-21(26)24-13-16-4-7-19(27-2)8-5-16/h4-11H,3,13-14H2,1-2H3,(H,24,26). The molecule has 0 bridgehead atoms. The van der Waals surface area contributed by atoms with Gasteiger partial charge in [-0.05, 0) is 47.9 Å². The van der Waals surface area contributed by atoms with E-state index in [1.807, 2.05) is 42.5 Å². The van der Waals surface area contributed by atoms with Gasteiger partial charge in [-0.25, -0.2) is 4.98 Å². The van der Waals surface area contributed by atoms with Crippen LogP contribution in [0.1, 0.15) is 23.6 Å². The molecule has 1 aromatic heterocycles. The van der Waals surface area contributed by atoms with Gasteiger partial charge < -0.3 is 10.1 Å². The second-order valence-electron chi connectivity index (χ2n) is 6.25. The molecule has 0 spiro atoms. The molecular weight excluding hydrogens is 370 g/mol. The highest BCUT2D eigenvalue weighted by molar-refractivity contribution is 8.00. The third-order valence-corrected chi connectivity index (χ3v) is 5.35. The first kappa shape index (κ1) is 19.7. The van der Waals surface area contributed by atoms with Crippen molar-refractivity contribution in [2.24, 2.45) is 0 Å². The molecule has 0 saturated carbocycles. The molecule has 0 radical (unpaired) electrons. The molecule has 0 fully saturated rings. The Hall–Kier alpha value is -3.04. The van der Waals surface area contributed by atoms with Crippen molar-refractivity contribution >= 4 is 28.6 Å². The summed E-state index contributed by atoms with van der Waals surface area (Å²) in [6.07, 6.45) is 0.933. The SMILES string of the molecule is CCc1ccc2nc(SCC(=O)NCc3ccc(OC)cc3)c(C#N)cc2c1. The minimum absolute atomic E-state index is 0.104. The summed E-state index contributed by atoms with van der Waals surface area (Å²) in [5, 5.41) is 13.9. The molecule has 142 valence electrons. The van der Waals surface area contributed by atoms with E-state index < -0.39 is 0 Å². The molecule has 3 rings (SSSR count). The highest BCUT2D eigenvalue weighted by Gasteiger charge is 2.11. The normalized spacial score (nSPS) is 10.5. The van der Waals surface area contributed by atoms with Crippen LogP contribution in [0.15, 0.2) is 53.6 Å². The molecule has 0 atom stereocenters. The Labute approximate surface area is 168 Å². The van der Waals surface area contributed by atoms with Gasteiger partial charge in [0.05, 0.1) is 23.9 Å². The maximum Gasteiger partial charge on any atom is 0.230 e. The lowest BCUT2D eigenvalue weighted by molar-refractivity contribution is -0.118. The highest BCUT2D eigenvalue weighted by atomic mass is 32.2. The fourth-order valence-electron chi connectivity index (χ4n) is 2.75. The maximum absolute atomic E-state index is 12.2. The van der Waals surface area contributed by atoms with E-state index >= 15 is 0 Å². The maximum atomic E-state index is 12.2. The molecule has 1 N–H and O–H groups in total. The summed E-state index contributed by atoms with van der Waals surface area (Å²) in [6, 6.07) is 17.6. The lowest BCUT2D eigenvalue weighted by Crippen LogP contribution is -2.24. The van der Waals surface area contributed by atoms with E-state index in [4.69, 9.17) is 4.74 Å². The van der Waals surface area contributed by atoms with Crippen LogP contribution in [0.5, 0.6) is 5.75 Å². The molecule has 0 aliphatic carbocycles. The molecule has 1 amide bonds. The summed E-state index contributed by atoms with van der Waals surface area (Å²) in [6.45, 7) is 2.54. The van der Waals surface area contributed by atoms with Crippen molar-refractivity contribution in [3.63, 3.8) is 0 Å². The van der Waals surface area contributed by atoms with E-state index in [0.29, 0.717) is 17.1 Å². The summed E-state index contributed by atoms with van der Waals surface area (Å²) >= 11 is 1.28. The van der Waals surface area contributed by atoms with E-state index in [9.17, 15) is 10.1 Å². The number of hydrogen-bond acceptors (Lipinski definition) is 5. The number of nitrogens with zero attached hydrogens (tertiary/aromatic N) is 2. The second-order valence-corrected chi connectivity index (χ2v) is 7.21. The number of carbonyl (C=O) groups is 1. The first-order chi connectivity index (χ1) is 13.6. The number of pyridine rings is 1. The zero-order valence-corrected chi connectivity index (χ0v) is 16.7. The van der Waals surface area contributed by atoms with Crippen molar-refractivity contribution in [3.05, 3.63) is 65.2 Å². The molecule has 0 saturated heterocycles. The number of hydrogen-bond donors (Lipinski definition) is 1. The van der Waals surface area contributed by atoms with Crippen molar-refractivity contribution in [2.75, 3.05) is 12.9 Å². The number of amides is 1. The molecule has 0 unspecified atom stereocenters. The predicted octanol–water partition coefficient (Wildman–Crippen LogP) is 4.09. The van der Waals surface area contributed by atoms with Gasteiger partial charge >= 0.3 is 0 Å². The predicted molar refractivity (Wildman–Crippen MR) is 111 cm³/mol. The number of ether oxygens (including phenoxy) is 1. The van der Waals surface area contributed by atoms with Gasteiger partial charge in [0.15, 0.2) is 0 Å². The molecule has 5 nitrogen and oxygen atoms in total. The lowest BCUT2D eigenvalue weighted by atomic mass is 10.1. The summed E-state index contributed by atoms with van der Waals surface area (Å²) in [5.74, 6) is 0.882. The van der Waals surface area contributed by atoms with Crippen LogP contribution in [-0.2, 0) is 17.8 Å². The Kier molecular flexibility index (Phi) is 6.51. The summed E-state index contributed by atoms with van der Waals surface area (Å²) in [7, 11) is 1.62. The third kappa shape index (κ3) is 4.81. The topological polar surface area (TPSA) is 75.0 Å². The van der Waals surface area contributed by atoms with Gasteiger partial charge in [-0.3, -0.25) is 4.79 Å². The Morgan fingerprint density at radius 1 is 1.18 bits per heavy atom. The number of benzene rings is 2. The minimum Gasteiger partial charge on any atom is -0.497 e. The van der Waals surface area contributed by atoms with Gasteiger partial charge in [-0.1, -0.05) is 36.9 Å². The van der Waals surface area contributed by atoms with Crippen LogP contribution < -0.4 is 10.1 Å². The molecule has 1 heterocycles. The van der Waals surface area contributed by atoms with Crippen LogP contribution in [0, 0.1) is 11.3 Å². The molecule has 6 heteroatoms. The van der Waals surface area contributed by atoms with Crippen LogP contribution in [0.4, 0.5) is 0 Å². The van der Waals surface area contributed by atoms with E-state index in [2.05, 4.69) is 29.4 Å². The zero-order chi connectivity index (χ0) is 19.9. The summed E-state index contributed by atoms with van der Waals surface area (Å²) in [4.78, 5) is 16.8. The number of nitrogens with one attached hydrogen (secondary N) is 1. The van der Waals surface area contributed by atoms with E-state index in [-0.39, 0.29) is 11.7 Å². The largest absolute Gasteiger partial charge is 0.497 e. The van der Waals surface area contributed by atoms with Crippen molar-refractivity contribution in [2.45, 2.75) is 24.9 Å². The fourth-order valence-corrected chi connectivity index (χ4v) is 3.54. The number of aromatic nitrogens is 1. The fraction of sp³-hybridized carbons (Fsp3) is 0.227. The van der Waals surface area contributed by atoms with Crippen LogP contribution >= 0.6 is 11.8 Å². The monoisotopic (exact) mass is 391 g/mol. The lowest BCUT2D eigenvalue weighted by Gasteiger charge is -2.08. The zero-order valence-electron chi connectivity index (χ0n) is 15.9. The van der Waals surface area contributed by atoms with Crippen molar-refractivity contribution < 1.29 is 9.53 Å². The van der Waals surface area contributed by atoms with Crippen molar-refractivity contribution in [1.82, 2.24) is 10.3 Å². The van der Waals surface area contributed by atoms with Crippen LogP contribution in [0.3, 0.4) is 0 Å². The quantitative estimate of drug-likeness (QED) is 0.614. The van der Waals surface area contributed by atoms with Gasteiger partial charge in [0.1, 0.15) is 16.8 Å². The number of aryl methyl sites for hydroxylation is 1. The van der Waals surface area contributed by atoms with Crippen molar-refractivity contribution in [3.8, 4) is 11.8 Å². The van der Waals surface area contributed by atoms with Gasteiger partial charge in [0.25, 0.3) is 0 Å². The molecule has 0 aliphatic heterocycles. The first-order valence-electron chi connectivity index (χ1n) is 8.99. The Bertz CT molecular complexity index is 1030. The van der Waals surface area contributed by atoms with Crippen LogP contribution in [0.2, 0.25) is 0 Å². The summed E-state index contributed by atoms with van der Waals surface area (Å²) in [5.41, 5.74) is 3.52. The Morgan fingerprint density at radius 2 is 1.93 bits per heavy atom. The minimum atomic E-state index is -0.104. The Balaban J connectivity index is 1.63. The van der Waals surface area contributed by atoms with Gasteiger partial charge in [-0.2, -0.15) is 5.26 Å². The number of thioether (sulfide) groups is 1. The summed E-state index contributed by atoms with van der Waals surface area (Å²) < 4.78 is 5.12. The van der Waals surface area contributed by atoms with Crippen molar-refractivity contribution in [1.29, 1.82) is 5.26 Å². The third-order valence-electron chi connectivity index (χ3n) is 4.36. The molecule has 3 aromatic rings. The smallest absolute Gasteiger partial charge is 0.230 e. The van der Waals surface area contributed by atoms with Gasteiger partial charge in [0.2, 0.25) is 5.91 Å². The van der Waals surface area contributed by atoms with E-state index in [0.717, 1.165) is 28.6 Å². The second kappa shape index (κ2) is 9.25. The average molecular weight is 391 g/mol.